The average Bonchev–Trinajstić information content (AvgIpc) is 2.57. The quantitative estimate of drug-likeness (QED) is 0.787. The number of aryl methyl sites for hydroxylation is 1. The topological polar surface area (TPSA) is 90.3 Å². The van der Waals surface area contributed by atoms with Crippen molar-refractivity contribution < 1.29 is 18.7 Å². The molecule has 0 spiro atoms. The number of fused-ring (bicyclic) bond motifs is 1. The SMILES string of the molecule is COC(=O)[C@@H](CC(C)C)NC(=O)Cn1c(C)nc2ccc(F)cc2c1=O. The fourth-order valence-electron chi connectivity index (χ4n) is 2.70. The molecule has 7 nitrogen and oxygen atoms in total. The minimum atomic E-state index is -0.797. The van der Waals surface area contributed by atoms with Gasteiger partial charge in [-0.3, -0.25) is 14.2 Å². The zero-order valence-electron chi connectivity index (χ0n) is 15.2. The summed E-state index contributed by atoms with van der Waals surface area (Å²) in [4.78, 5) is 41.0. The predicted molar refractivity (Wildman–Crippen MR) is 94.1 cm³/mol. The number of aromatic nitrogens is 2. The summed E-state index contributed by atoms with van der Waals surface area (Å²) in [5.41, 5.74) is -0.154. The van der Waals surface area contributed by atoms with E-state index in [0.29, 0.717) is 17.8 Å². The van der Waals surface area contributed by atoms with Crippen LogP contribution in [-0.2, 0) is 20.9 Å². The molecule has 140 valence electrons. The van der Waals surface area contributed by atoms with Gasteiger partial charge in [-0.1, -0.05) is 13.8 Å². The van der Waals surface area contributed by atoms with Crippen molar-refractivity contribution in [2.75, 3.05) is 7.11 Å². The fraction of sp³-hybridized carbons (Fsp3) is 0.444. The predicted octanol–water partition coefficient (Wildman–Crippen LogP) is 1.55. The van der Waals surface area contributed by atoms with E-state index in [1.54, 1.807) is 6.92 Å². The highest BCUT2D eigenvalue weighted by atomic mass is 19.1. The molecular weight excluding hydrogens is 341 g/mol. The van der Waals surface area contributed by atoms with Crippen molar-refractivity contribution in [2.45, 2.75) is 39.8 Å². The van der Waals surface area contributed by atoms with Crippen LogP contribution in [0.4, 0.5) is 4.39 Å². The maximum Gasteiger partial charge on any atom is 0.328 e. The van der Waals surface area contributed by atoms with Gasteiger partial charge in [0.1, 0.15) is 24.2 Å². The molecule has 0 unspecified atom stereocenters. The number of carbonyl (C=O) groups excluding carboxylic acids is 2. The van der Waals surface area contributed by atoms with E-state index in [9.17, 15) is 18.8 Å². The lowest BCUT2D eigenvalue weighted by molar-refractivity contribution is -0.145. The van der Waals surface area contributed by atoms with E-state index in [1.807, 2.05) is 13.8 Å². The van der Waals surface area contributed by atoms with Crippen LogP contribution in [0.15, 0.2) is 23.0 Å². The Balaban J connectivity index is 2.28. The van der Waals surface area contributed by atoms with Gasteiger partial charge in [-0.25, -0.2) is 14.2 Å². The zero-order chi connectivity index (χ0) is 19.4. The molecule has 8 heteroatoms. The number of hydrogen-bond acceptors (Lipinski definition) is 5. The summed E-state index contributed by atoms with van der Waals surface area (Å²) in [6.07, 6.45) is 0.410. The fourth-order valence-corrected chi connectivity index (χ4v) is 2.70. The van der Waals surface area contributed by atoms with Crippen molar-refractivity contribution >= 4 is 22.8 Å². The first kappa shape index (κ1) is 19.6. The molecule has 26 heavy (non-hydrogen) atoms. The molecule has 0 fully saturated rings. The molecule has 0 saturated heterocycles. The maximum atomic E-state index is 13.4. The molecule has 0 radical (unpaired) electrons. The van der Waals surface area contributed by atoms with E-state index < -0.39 is 29.3 Å². The van der Waals surface area contributed by atoms with Gasteiger partial charge in [0.25, 0.3) is 5.56 Å². The highest BCUT2D eigenvalue weighted by Crippen LogP contribution is 2.11. The molecule has 1 N–H and O–H groups in total. The molecule has 2 aromatic rings. The first-order chi connectivity index (χ1) is 12.2. The molecule has 1 heterocycles. The molecule has 0 aliphatic carbocycles. The second kappa shape index (κ2) is 8.07. The number of amides is 1. The number of carbonyl (C=O) groups is 2. The number of rotatable bonds is 6. The average molecular weight is 363 g/mol. The Morgan fingerprint density at radius 2 is 2.04 bits per heavy atom. The number of nitrogens with zero attached hydrogens (tertiary/aromatic N) is 2. The van der Waals surface area contributed by atoms with Crippen molar-refractivity contribution in [1.82, 2.24) is 14.9 Å². The zero-order valence-corrected chi connectivity index (χ0v) is 15.2. The molecule has 0 aliphatic heterocycles. The van der Waals surface area contributed by atoms with Crippen LogP contribution in [0, 0.1) is 18.7 Å². The number of hydrogen-bond donors (Lipinski definition) is 1. The Bertz CT molecular complexity index is 892. The lowest BCUT2D eigenvalue weighted by Gasteiger charge is -2.19. The highest BCUT2D eigenvalue weighted by molar-refractivity contribution is 5.84. The van der Waals surface area contributed by atoms with Gasteiger partial charge in [-0.15, -0.1) is 0 Å². The van der Waals surface area contributed by atoms with E-state index in [2.05, 4.69) is 10.3 Å². The molecule has 0 saturated carbocycles. The summed E-state index contributed by atoms with van der Waals surface area (Å²) in [6, 6.07) is 2.93. The smallest absolute Gasteiger partial charge is 0.328 e. The van der Waals surface area contributed by atoms with Crippen LogP contribution in [0.1, 0.15) is 26.1 Å². The highest BCUT2D eigenvalue weighted by Gasteiger charge is 2.23. The molecule has 0 bridgehead atoms. The lowest BCUT2D eigenvalue weighted by Crippen LogP contribution is -2.45. The van der Waals surface area contributed by atoms with Crippen LogP contribution in [0.2, 0.25) is 0 Å². The van der Waals surface area contributed by atoms with E-state index >= 15 is 0 Å². The monoisotopic (exact) mass is 363 g/mol. The Hall–Kier alpha value is -2.77. The summed E-state index contributed by atoms with van der Waals surface area (Å²) in [5.74, 6) is -1.14. The van der Waals surface area contributed by atoms with E-state index in [1.165, 1.54) is 19.2 Å². The van der Waals surface area contributed by atoms with Crippen molar-refractivity contribution in [3.63, 3.8) is 0 Å². The van der Waals surface area contributed by atoms with Gasteiger partial charge in [-0.2, -0.15) is 0 Å². The molecule has 2 rings (SSSR count). The summed E-state index contributed by atoms with van der Waals surface area (Å²) in [5, 5.41) is 2.68. The number of halogens is 1. The third kappa shape index (κ3) is 4.44. The molecule has 1 amide bonds. The van der Waals surface area contributed by atoms with Crippen molar-refractivity contribution in [3.8, 4) is 0 Å². The van der Waals surface area contributed by atoms with Crippen LogP contribution in [0.5, 0.6) is 0 Å². The van der Waals surface area contributed by atoms with Gasteiger partial charge in [0.05, 0.1) is 18.0 Å². The number of nitrogens with one attached hydrogen (secondary N) is 1. The Morgan fingerprint density at radius 3 is 2.65 bits per heavy atom. The van der Waals surface area contributed by atoms with Gasteiger partial charge in [0, 0.05) is 0 Å². The molecule has 1 aromatic heterocycles. The third-order valence-corrected chi connectivity index (χ3v) is 3.94. The summed E-state index contributed by atoms with van der Waals surface area (Å²) < 4.78 is 19.3. The number of esters is 1. The van der Waals surface area contributed by atoms with E-state index in [4.69, 9.17) is 4.74 Å². The molecule has 0 aliphatic rings. The first-order valence-corrected chi connectivity index (χ1v) is 8.26. The molecule has 1 aromatic carbocycles. The number of methoxy groups -OCH3 is 1. The van der Waals surface area contributed by atoms with Gasteiger partial charge in [0.2, 0.25) is 5.91 Å². The molecular formula is C18H22FN3O4. The number of ether oxygens (including phenoxy) is 1. The first-order valence-electron chi connectivity index (χ1n) is 8.26. The third-order valence-electron chi connectivity index (χ3n) is 3.94. The van der Waals surface area contributed by atoms with Crippen molar-refractivity contribution in [3.05, 3.63) is 40.2 Å². The Morgan fingerprint density at radius 1 is 1.35 bits per heavy atom. The van der Waals surface area contributed by atoms with Crippen LogP contribution < -0.4 is 10.9 Å². The van der Waals surface area contributed by atoms with Crippen LogP contribution >= 0.6 is 0 Å². The summed E-state index contributed by atoms with van der Waals surface area (Å²) >= 11 is 0. The van der Waals surface area contributed by atoms with E-state index in [0.717, 1.165) is 10.6 Å². The number of benzene rings is 1. The summed E-state index contributed by atoms with van der Waals surface area (Å²) in [6.45, 7) is 5.09. The lowest BCUT2D eigenvalue weighted by atomic mass is 10.0. The standard InChI is InChI=1S/C18H22FN3O4/c1-10(2)7-15(18(25)26-4)21-16(23)9-22-11(3)20-14-6-5-12(19)8-13(14)17(22)24/h5-6,8,10,15H,7,9H2,1-4H3,(H,21,23)/t15-/m1/s1. The summed E-state index contributed by atoms with van der Waals surface area (Å²) in [7, 11) is 1.25. The normalized spacial score (nSPS) is 12.2. The van der Waals surface area contributed by atoms with Gasteiger partial charge in [0.15, 0.2) is 0 Å². The second-order valence-electron chi connectivity index (χ2n) is 6.48. The Kier molecular flexibility index (Phi) is 6.07. The van der Waals surface area contributed by atoms with Crippen molar-refractivity contribution in [1.29, 1.82) is 0 Å². The van der Waals surface area contributed by atoms with Crippen LogP contribution in [0.3, 0.4) is 0 Å². The van der Waals surface area contributed by atoms with Gasteiger partial charge < -0.3 is 10.1 Å². The minimum Gasteiger partial charge on any atom is -0.467 e. The van der Waals surface area contributed by atoms with Gasteiger partial charge in [-0.05, 0) is 37.5 Å². The van der Waals surface area contributed by atoms with E-state index in [-0.39, 0.29) is 17.8 Å². The molecule has 1 atom stereocenters. The van der Waals surface area contributed by atoms with Gasteiger partial charge >= 0.3 is 5.97 Å². The largest absolute Gasteiger partial charge is 0.467 e. The maximum absolute atomic E-state index is 13.4. The van der Waals surface area contributed by atoms with Crippen LogP contribution in [0.25, 0.3) is 10.9 Å². The Labute approximate surface area is 150 Å². The second-order valence-corrected chi connectivity index (χ2v) is 6.48. The minimum absolute atomic E-state index is 0.0927. The van der Waals surface area contributed by atoms with Crippen LogP contribution in [-0.4, -0.2) is 34.6 Å². The van der Waals surface area contributed by atoms with Crippen molar-refractivity contribution in [2.24, 2.45) is 5.92 Å².